The van der Waals surface area contributed by atoms with Crippen LogP contribution in [0.5, 0.6) is 17.2 Å². The second-order valence-electron chi connectivity index (χ2n) is 6.51. The van der Waals surface area contributed by atoms with Crippen LogP contribution in [-0.2, 0) is 14.3 Å². The maximum atomic E-state index is 12.1. The predicted octanol–water partition coefficient (Wildman–Crippen LogP) is 5.05. The van der Waals surface area contributed by atoms with Crippen molar-refractivity contribution in [2.24, 2.45) is 0 Å². The van der Waals surface area contributed by atoms with Gasteiger partial charge in [0, 0.05) is 12.2 Å². The summed E-state index contributed by atoms with van der Waals surface area (Å²) in [6, 6.07) is 21.9. The molecule has 3 aromatic rings. The van der Waals surface area contributed by atoms with E-state index < -0.39 is 11.9 Å². The Morgan fingerprint density at radius 1 is 0.781 bits per heavy atom. The molecule has 0 saturated heterocycles. The van der Waals surface area contributed by atoms with Crippen molar-refractivity contribution in [1.82, 2.24) is 0 Å². The van der Waals surface area contributed by atoms with Gasteiger partial charge in [0.25, 0.3) is 0 Å². The van der Waals surface area contributed by atoms with Gasteiger partial charge in [0.15, 0.2) is 0 Å². The van der Waals surface area contributed by atoms with E-state index in [9.17, 15) is 9.59 Å². The van der Waals surface area contributed by atoms with Crippen LogP contribution in [0.4, 0.5) is 0 Å². The van der Waals surface area contributed by atoms with E-state index in [1.54, 1.807) is 49.6 Å². The Bertz CT molecular complexity index is 1080. The van der Waals surface area contributed by atoms with Gasteiger partial charge in [-0.2, -0.15) is 0 Å². The Labute approximate surface area is 186 Å². The van der Waals surface area contributed by atoms with Gasteiger partial charge in [-0.1, -0.05) is 43.0 Å². The average molecular weight is 430 g/mol. The molecule has 3 rings (SSSR count). The van der Waals surface area contributed by atoms with Crippen LogP contribution in [0.3, 0.4) is 0 Å². The third-order valence-corrected chi connectivity index (χ3v) is 4.38. The molecule has 0 unspecified atom stereocenters. The fraction of sp³-hybridized carbons (Fsp3) is 0.0769. The van der Waals surface area contributed by atoms with Crippen LogP contribution in [0.15, 0.2) is 91.5 Å². The number of methoxy groups -OCH3 is 1. The maximum Gasteiger partial charge on any atom is 0.336 e. The van der Waals surface area contributed by atoms with Crippen molar-refractivity contribution < 1.29 is 28.5 Å². The van der Waals surface area contributed by atoms with Gasteiger partial charge in [-0.05, 0) is 59.2 Å². The van der Waals surface area contributed by atoms with E-state index in [1.807, 2.05) is 36.4 Å². The van der Waals surface area contributed by atoms with Crippen molar-refractivity contribution in [2.45, 2.75) is 0 Å². The third-order valence-electron chi connectivity index (χ3n) is 4.38. The lowest BCUT2D eigenvalue weighted by Crippen LogP contribution is -2.07. The molecule has 3 aromatic carbocycles. The third kappa shape index (κ3) is 6.60. The molecule has 0 amide bonds. The van der Waals surface area contributed by atoms with Crippen LogP contribution in [0.2, 0.25) is 0 Å². The van der Waals surface area contributed by atoms with E-state index in [0.29, 0.717) is 11.5 Å². The van der Waals surface area contributed by atoms with Crippen molar-refractivity contribution in [1.29, 1.82) is 0 Å². The number of carbonyl (C=O) groups is 2. The molecule has 0 bridgehead atoms. The van der Waals surface area contributed by atoms with Gasteiger partial charge >= 0.3 is 11.9 Å². The van der Waals surface area contributed by atoms with Crippen molar-refractivity contribution in [3.8, 4) is 28.4 Å². The first-order chi connectivity index (χ1) is 15.6. The number of carbonyl (C=O) groups excluding carboxylic acids is 2. The minimum absolute atomic E-state index is 0.205. The summed E-state index contributed by atoms with van der Waals surface area (Å²) in [5.41, 5.74) is 2.83. The van der Waals surface area contributed by atoms with E-state index in [-0.39, 0.29) is 6.79 Å². The van der Waals surface area contributed by atoms with Crippen molar-refractivity contribution in [2.75, 3.05) is 13.9 Å². The summed E-state index contributed by atoms with van der Waals surface area (Å²) in [4.78, 5) is 23.1. The molecule has 162 valence electrons. The van der Waals surface area contributed by atoms with Crippen molar-refractivity contribution in [3.63, 3.8) is 0 Å². The molecule has 6 heteroatoms. The number of rotatable bonds is 9. The monoisotopic (exact) mass is 430 g/mol. The molecule has 0 aliphatic carbocycles. The Balaban J connectivity index is 1.51. The number of benzene rings is 3. The number of hydrogen-bond donors (Lipinski definition) is 0. The molecule has 0 aliphatic heterocycles. The van der Waals surface area contributed by atoms with E-state index in [2.05, 4.69) is 6.58 Å². The molecule has 0 radical (unpaired) electrons. The first-order valence-corrected chi connectivity index (χ1v) is 9.74. The van der Waals surface area contributed by atoms with E-state index in [1.165, 1.54) is 6.08 Å². The summed E-state index contributed by atoms with van der Waals surface area (Å²) in [6.07, 6.45) is 4.04. The Kier molecular flexibility index (Phi) is 7.81. The van der Waals surface area contributed by atoms with Crippen LogP contribution in [0.1, 0.15) is 5.56 Å². The lowest BCUT2D eigenvalue weighted by molar-refractivity contribution is -0.144. The van der Waals surface area contributed by atoms with Gasteiger partial charge < -0.3 is 18.9 Å². The van der Waals surface area contributed by atoms with Gasteiger partial charge in [0.1, 0.15) is 17.2 Å². The van der Waals surface area contributed by atoms with E-state index >= 15 is 0 Å². The fourth-order valence-electron chi connectivity index (χ4n) is 2.70. The van der Waals surface area contributed by atoms with Crippen LogP contribution < -0.4 is 14.2 Å². The molecule has 32 heavy (non-hydrogen) atoms. The second kappa shape index (κ2) is 11.2. The maximum absolute atomic E-state index is 12.1. The summed E-state index contributed by atoms with van der Waals surface area (Å²) in [6.45, 7) is 3.10. The van der Waals surface area contributed by atoms with Crippen LogP contribution in [0, 0.1) is 0 Å². The molecular weight excluding hydrogens is 408 g/mol. The topological polar surface area (TPSA) is 71.1 Å². The lowest BCUT2D eigenvalue weighted by Gasteiger charge is -2.06. The lowest BCUT2D eigenvalue weighted by atomic mass is 10.1. The summed E-state index contributed by atoms with van der Waals surface area (Å²) >= 11 is 0. The van der Waals surface area contributed by atoms with Gasteiger partial charge in [-0.3, -0.25) is 0 Å². The van der Waals surface area contributed by atoms with Crippen molar-refractivity contribution >= 4 is 18.0 Å². The zero-order chi connectivity index (χ0) is 22.8. The standard InChI is InChI=1S/C26H22O6/c1-3-25(27)31-18-30-23-11-4-19(5-12-23)6-17-26(28)32-24-15-9-21(10-16-24)20-7-13-22(29-2)14-8-20/h3-17H,1,18H2,2H3. The summed E-state index contributed by atoms with van der Waals surface area (Å²) in [5.74, 6) is 0.729. The minimum Gasteiger partial charge on any atom is -0.497 e. The zero-order valence-corrected chi connectivity index (χ0v) is 17.5. The molecule has 0 aromatic heterocycles. The second-order valence-corrected chi connectivity index (χ2v) is 6.51. The summed E-state index contributed by atoms with van der Waals surface area (Å²) in [5, 5.41) is 0. The Hall–Kier alpha value is -4.32. The summed E-state index contributed by atoms with van der Waals surface area (Å²) < 4.78 is 20.5. The van der Waals surface area contributed by atoms with Crippen LogP contribution in [-0.4, -0.2) is 25.8 Å². The quantitative estimate of drug-likeness (QED) is 0.205. The molecule has 0 atom stereocenters. The van der Waals surface area contributed by atoms with Crippen LogP contribution >= 0.6 is 0 Å². The highest BCUT2D eigenvalue weighted by Crippen LogP contribution is 2.24. The molecule has 6 nitrogen and oxygen atoms in total. The Morgan fingerprint density at radius 3 is 1.91 bits per heavy atom. The molecule has 0 spiro atoms. The van der Waals surface area contributed by atoms with Gasteiger partial charge in [0.2, 0.25) is 6.79 Å². The highest BCUT2D eigenvalue weighted by atomic mass is 16.7. The molecule has 0 fully saturated rings. The SMILES string of the molecule is C=CC(=O)OCOc1ccc(C=CC(=O)Oc2ccc(-c3ccc(OC)cc3)cc2)cc1. The molecule has 0 N–H and O–H groups in total. The minimum atomic E-state index is -0.557. The van der Waals surface area contributed by atoms with Gasteiger partial charge in [-0.25, -0.2) is 9.59 Å². The number of ether oxygens (including phenoxy) is 4. The smallest absolute Gasteiger partial charge is 0.336 e. The van der Waals surface area contributed by atoms with Crippen LogP contribution in [0.25, 0.3) is 17.2 Å². The predicted molar refractivity (Wildman–Crippen MR) is 121 cm³/mol. The first kappa shape index (κ1) is 22.4. The largest absolute Gasteiger partial charge is 0.497 e. The number of esters is 2. The van der Waals surface area contributed by atoms with Crippen molar-refractivity contribution in [3.05, 3.63) is 97.1 Å². The number of hydrogen-bond acceptors (Lipinski definition) is 6. The highest BCUT2D eigenvalue weighted by Gasteiger charge is 2.03. The van der Waals surface area contributed by atoms with E-state index in [0.717, 1.165) is 28.5 Å². The Morgan fingerprint density at radius 2 is 1.34 bits per heavy atom. The van der Waals surface area contributed by atoms with Gasteiger partial charge in [-0.15, -0.1) is 0 Å². The molecule has 0 heterocycles. The summed E-state index contributed by atoms with van der Waals surface area (Å²) in [7, 11) is 1.63. The zero-order valence-electron chi connectivity index (χ0n) is 17.5. The molecule has 0 aliphatic rings. The first-order valence-electron chi connectivity index (χ1n) is 9.74. The average Bonchev–Trinajstić information content (AvgIpc) is 2.84. The fourth-order valence-corrected chi connectivity index (χ4v) is 2.70. The van der Waals surface area contributed by atoms with E-state index in [4.69, 9.17) is 18.9 Å². The normalized spacial score (nSPS) is 10.4. The molecular formula is C26H22O6. The highest BCUT2D eigenvalue weighted by molar-refractivity contribution is 5.88. The van der Waals surface area contributed by atoms with Gasteiger partial charge in [0.05, 0.1) is 7.11 Å². The molecule has 0 saturated carbocycles.